The van der Waals surface area contributed by atoms with Gasteiger partial charge < -0.3 is 24.5 Å². The molecule has 7 nitrogen and oxygen atoms in total. The van der Waals surface area contributed by atoms with E-state index in [0.29, 0.717) is 34.6 Å². The molecule has 0 unspecified atom stereocenters. The van der Waals surface area contributed by atoms with E-state index in [1.54, 1.807) is 30.3 Å². The van der Waals surface area contributed by atoms with Crippen LogP contribution in [-0.4, -0.2) is 41.0 Å². The molecule has 2 heterocycles. The van der Waals surface area contributed by atoms with Crippen LogP contribution in [0.5, 0.6) is 5.75 Å². The van der Waals surface area contributed by atoms with Crippen LogP contribution < -0.4 is 10.1 Å². The zero-order valence-electron chi connectivity index (χ0n) is 20.8. The van der Waals surface area contributed by atoms with E-state index in [2.05, 4.69) is 15.3 Å². The van der Waals surface area contributed by atoms with Gasteiger partial charge in [-0.05, 0) is 43.7 Å². The number of amides is 1. The Hall–Kier alpha value is -3.89. The number of imidazole rings is 1. The van der Waals surface area contributed by atoms with Gasteiger partial charge in [0.1, 0.15) is 30.1 Å². The SMILES string of the molecule is CC1(C)OC[C@H](COc2cccc(NC(=O)Cc3cc(F)cc4[nH]c(-c5ccccc5C(F)F)nc34)c2)O1. The molecule has 1 aliphatic heterocycles. The maximum atomic E-state index is 14.4. The summed E-state index contributed by atoms with van der Waals surface area (Å²) in [5.41, 5.74) is 1.48. The largest absolute Gasteiger partial charge is 0.491 e. The summed E-state index contributed by atoms with van der Waals surface area (Å²) in [4.78, 5) is 20.2. The molecule has 1 aliphatic rings. The molecule has 1 saturated heterocycles. The molecule has 5 rings (SSSR count). The average molecular weight is 526 g/mol. The summed E-state index contributed by atoms with van der Waals surface area (Å²) >= 11 is 0. The van der Waals surface area contributed by atoms with Crippen molar-refractivity contribution in [3.8, 4) is 17.1 Å². The Bertz CT molecular complexity index is 1470. The van der Waals surface area contributed by atoms with Gasteiger partial charge in [0.2, 0.25) is 5.91 Å². The number of hydrogen-bond donors (Lipinski definition) is 2. The van der Waals surface area contributed by atoms with Crippen molar-refractivity contribution < 1.29 is 32.2 Å². The Morgan fingerprint density at radius 2 is 2.00 bits per heavy atom. The highest BCUT2D eigenvalue weighted by Crippen LogP contribution is 2.32. The molecule has 1 fully saturated rings. The number of H-pyrrole nitrogens is 1. The Morgan fingerprint density at radius 3 is 2.76 bits per heavy atom. The van der Waals surface area contributed by atoms with Crippen LogP contribution >= 0.6 is 0 Å². The Balaban J connectivity index is 1.30. The van der Waals surface area contributed by atoms with Gasteiger partial charge in [0.25, 0.3) is 6.43 Å². The summed E-state index contributed by atoms with van der Waals surface area (Å²) in [6.45, 7) is 4.38. The molecule has 1 amide bonds. The number of nitrogens with one attached hydrogen (secondary N) is 2. The number of ether oxygens (including phenoxy) is 3. The summed E-state index contributed by atoms with van der Waals surface area (Å²) in [6.07, 6.45) is -3.08. The molecule has 0 radical (unpaired) electrons. The van der Waals surface area contributed by atoms with Crippen LogP contribution in [0.3, 0.4) is 0 Å². The predicted molar refractivity (Wildman–Crippen MR) is 136 cm³/mol. The third kappa shape index (κ3) is 5.81. The minimum Gasteiger partial charge on any atom is -0.491 e. The second-order valence-electron chi connectivity index (χ2n) is 9.45. The van der Waals surface area contributed by atoms with Crippen molar-refractivity contribution in [3.63, 3.8) is 0 Å². The summed E-state index contributed by atoms with van der Waals surface area (Å²) in [5, 5.41) is 2.78. The van der Waals surface area contributed by atoms with Gasteiger partial charge in [-0.25, -0.2) is 18.2 Å². The first kappa shape index (κ1) is 25.7. The molecular formula is C28H26F3N3O4. The quantitative estimate of drug-likeness (QED) is 0.294. The van der Waals surface area contributed by atoms with Crippen LogP contribution in [0.25, 0.3) is 22.4 Å². The van der Waals surface area contributed by atoms with E-state index in [1.165, 1.54) is 30.3 Å². The number of aromatic nitrogens is 2. The summed E-state index contributed by atoms with van der Waals surface area (Å²) < 4.78 is 58.4. The van der Waals surface area contributed by atoms with Gasteiger partial charge in [0, 0.05) is 22.9 Å². The van der Waals surface area contributed by atoms with Gasteiger partial charge in [-0.3, -0.25) is 4.79 Å². The molecule has 3 aromatic carbocycles. The Kier molecular flexibility index (Phi) is 7.09. The number of rotatable bonds is 8. The molecule has 0 aliphatic carbocycles. The van der Waals surface area contributed by atoms with Crippen molar-refractivity contribution >= 4 is 22.6 Å². The third-order valence-corrected chi connectivity index (χ3v) is 6.05. The van der Waals surface area contributed by atoms with Gasteiger partial charge in [-0.15, -0.1) is 0 Å². The van der Waals surface area contributed by atoms with E-state index >= 15 is 0 Å². The Morgan fingerprint density at radius 1 is 1.18 bits per heavy atom. The summed E-state index contributed by atoms with van der Waals surface area (Å²) in [6, 6.07) is 15.3. The van der Waals surface area contributed by atoms with Crippen LogP contribution in [0.1, 0.15) is 31.4 Å². The lowest BCUT2D eigenvalue weighted by Gasteiger charge is -2.17. The Labute approximate surface area is 216 Å². The smallest absolute Gasteiger partial charge is 0.264 e. The van der Waals surface area contributed by atoms with Gasteiger partial charge >= 0.3 is 0 Å². The van der Waals surface area contributed by atoms with Crippen LogP contribution in [0, 0.1) is 5.82 Å². The fourth-order valence-corrected chi connectivity index (χ4v) is 4.39. The number of alkyl halides is 2. The van der Waals surface area contributed by atoms with E-state index in [-0.39, 0.29) is 36.1 Å². The fraction of sp³-hybridized carbons (Fsp3) is 0.286. The normalized spacial score (nSPS) is 16.7. The van der Waals surface area contributed by atoms with Crippen LogP contribution in [0.2, 0.25) is 0 Å². The van der Waals surface area contributed by atoms with E-state index in [1.807, 2.05) is 13.8 Å². The van der Waals surface area contributed by atoms with Crippen molar-refractivity contribution in [2.75, 3.05) is 18.5 Å². The minimum atomic E-state index is -2.70. The number of benzene rings is 3. The van der Waals surface area contributed by atoms with Crippen LogP contribution in [0.4, 0.5) is 18.9 Å². The van der Waals surface area contributed by atoms with Crippen LogP contribution in [0.15, 0.2) is 60.7 Å². The lowest BCUT2D eigenvalue weighted by molar-refractivity contribution is -0.141. The van der Waals surface area contributed by atoms with Gasteiger partial charge in [0.15, 0.2) is 5.79 Å². The molecule has 38 heavy (non-hydrogen) atoms. The highest BCUT2D eigenvalue weighted by Gasteiger charge is 2.33. The number of fused-ring (bicyclic) bond motifs is 1. The van der Waals surface area contributed by atoms with E-state index in [4.69, 9.17) is 14.2 Å². The van der Waals surface area contributed by atoms with Crippen molar-refractivity contribution in [3.05, 3.63) is 77.6 Å². The van der Waals surface area contributed by atoms with Crippen molar-refractivity contribution in [2.45, 2.75) is 38.6 Å². The monoisotopic (exact) mass is 525 g/mol. The minimum absolute atomic E-state index is 0.174. The lowest BCUT2D eigenvalue weighted by Crippen LogP contribution is -2.25. The summed E-state index contributed by atoms with van der Waals surface area (Å²) in [7, 11) is 0. The molecule has 10 heteroatoms. The second kappa shape index (κ2) is 10.5. The molecule has 4 aromatic rings. The maximum Gasteiger partial charge on any atom is 0.264 e. The molecule has 1 atom stereocenters. The van der Waals surface area contributed by atoms with Crippen molar-refractivity contribution in [2.24, 2.45) is 0 Å². The lowest BCUT2D eigenvalue weighted by atomic mass is 10.1. The standard InChI is InChI=1S/C28H26F3N3O4/c1-28(2)37-15-20(38-28)14-36-19-7-5-6-18(13-19)32-24(35)11-16-10-17(29)12-23-25(16)34-27(33-23)22-9-4-3-8-21(22)26(30)31/h3-10,12-13,20,26H,11,14-15H2,1-2H3,(H,32,35)(H,33,34)/t20-/m0/s1. The second-order valence-corrected chi connectivity index (χ2v) is 9.45. The topological polar surface area (TPSA) is 85.5 Å². The highest BCUT2D eigenvalue weighted by atomic mass is 19.3. The first-order valence-corrected chi connectivity index (χ1v) is 12.1. The highest BCUT2D eigenvalue weighted by molar-refractivity contribution is 5.95. The number of hydrogen-bond acceptors (Lipinski definition) is 5. The summed E-state index contributed by atoms with van der Waals surface area (Å²) in [5.74, 6) is -0.907. The number of carbonyl (C=O) groups excluding carboxylic acids is 1. The molecule has 198 valence electrons. The number of anilines is 1. The van der Waals surface area contributed by atoms with E-state index in [0.717, 1.165) is 0 Å². The van der Waals surface area contributed by atoms with Crippen molar-refractivity contribution in [1.82, 2.24) is 9.97 Å². The number of carbonyl (C=O) groups is 1. The van der Waals surface area contributed by atoms with Crippen molar-refractivity contribution in [1.29, 1.82) is 0 Å². The predicted octanol–water partition coefficient (Wildman–Crippen LogP) is 6.02. The molecule has 2 N–H and O–H groups in total. The van der Waals surface area contributed by atoms with Gasteiger partial charge in [-0.1, -0.05) is 30.3 Å². The molecule has 0 spiro atoms. The molecular weight excluding hydrogens is 499 g/mol. The molecule has 0 saturated carbocycles. The maximum absolute atomic E-state index is 14.4. The first-order valence-electron chi connectivity index (χ1n) is 12.1. The number of aromatic amines is 1. The average Bonchev–Trinajstić information content (AvgIpc) is 3.45. The third-order valence-electron chi connectivity index (χ3n) is 6.05. The van der Waals surface area contributed by atoms with Gasteiger partial charge in [-0.2, -0.15) is 0 Å². The molecule has 1 aromatic heterocycles. The zero-order chi connectivity index (χ0) is 26.9. The van der Waals surface area contributed by atoms with E-state index < -0.39 is 23.9 Å². The number of halogens is 3. The zero-order valence-corrected chi connectivity index (χ0v) is 20.8. The first-order chi connectivity index (χ1) is 18.2. The van der Waals surface area contributed by atoms with Crippen LogP contribution in [-0.2, 0) is 20.7 Å². The van der Waals surface area contributed by atoms with Gasteiger partial charge in [0.05, 0.1) is 24.1 Å². The fourth-order valence-electron chi connectivity index (χ4n) is 4.39. The number of nitrogens with zero attached hydrogens (tertiary/aromatic N) is 1. The molecule has 0 bridgehead atoms. The van der Waals surface area contributed by atoms with E-state index in [9.17, 15) is 18.0 Å².